The zero-order valence-corrected chi connectivity index (χ0v) is 4.23. The van der Waals surface area contributed by atoms with Crippen LogP contribution in [0.25, 0.3) is 0 Å². The first-order valence-electron chi connectivity index (χ1n) is 2.57. The van der Waals surface area contributed by atoms with Crippen molar-refractivity contribution >= 4 is 11.6 Å². The largest absolute Gasteiger partial charge is 0.294 e. The lowest BCUT2D eigenvalue weighted by atomic mass is 9.71. The van der Waals surface area contributed by atoms with E-state index in [9.17, 15) is 9.59 Å². The van der Waals surface area contributed by atoms with Crippen molar-refractivity contribution in [1.82, 2.24) is 0 Å². The van der Waals surface area contributed by atoms with Gasteiger partial charge in [0.05, 0.1) is 5.57 Å². The van der Waals surface area contributed by atoms with Crippen LogP contribution >= 0.6 is 0 Å². The third-order valence-corrected chi connectivity index (χ3v) is 1.66. The molecule has 0 fully saturated rings. The van der Waals surface area contributed by atoms with Crippen LogP contribution < -0.4 is 0 Å². The van der Waals surface area contributed by atoms with Gasteiger partial charge in [0.25, 0.3) is 0 Å². The molecule has 0 bridgehead atoms. The molecule has 2 nitrogen and oxygen atoms in total. The minimum absolute atomic E-state index is 0.0521. The van der Waals surface area contributed by atoms with Crippen LogP contribution in [0.3, 0.4) is 0 Å². The Morgan fingerprint density at radius 3 is 1.62 bits per heavy atom. The quantitative estimate of drug-likeness (QED) is 0.416. The lowest BCUT2D eigenvalue weighted by Crippen LogP contribution is -2.34. The Bertz CT molecular complexity index is 201. The van der Waals surface area contributed by atoms with E-state index in [4.69, 9.17) is 0 Å². The molecule has 0 N–H and O–H groups in total. The molecule has 0 amide bonds. The van der Waals surface area contributed by atoms with Gasteiger partial charge in [-0.25, -0.2) is 0 Å². The maximum atomic E-state index is 10.4. The van der Waals surface area contributed by atoms with Gasteiger partial charge in [-0.3, -0.25) is 9.59 Å². The molecule has 2 rings (SSSR count). The number of ketones is 2. The second kappa shape index (κ2) is 0.917. The van der Waals surface area contributed by atoms with Crippen LogP contribution in [0, 0.1) is 0 Å². The van der Waals surface area contributed by atoms with Gasteiger partial charge in [-0.05, 0) is 5.57 Å². The smallest absolute Gasteiger partial charge is 0.170 e. The van der Waals surface area contributed by atoms with Crippen molar-refractivity contribution in [1.29, 1.82) is 0 Å². The molecule has 0 aliphatic heterocycles. The molecule has 0 heterocycles. The lowest BCUT2D eigenvalue weighted by molar-refractivity contribution is -0.125. The summed E-state index contributed by atoms with van der Waals surface area (Å²) in [6.45, 7) is 0. The molecule has 2 heteroatoms. The Kier molecular flexibility index (Phi) is 0.460. The monoisotopic (exact) mass is 108 g/mol. The normalized spacial score (nSPS) is 24.5. The summed E-state index contributed by atoms with van der Waals surface area (Å²) in [5, 5.41) is 0. The van der Waals surface area contributed by atoms with Crippen molar-refractivity contribution in [2.75, 3.05) is 0 Å². The van der Waals surface area contributed by atoms with Crippen molar-refractivity contribution in [3.63, 3.8) is 0 Å². The summed E-state index contributed by atoms with van der Waals surface area (Å²) in [5.41, 5.74) is 1.60. The van der Waals surface area contributed by atoms with E-state index < -0.39 is 0 Å². The molecule has 0 atom stereocenters. The van der Waals surface area contributed by atoms with Gasteiger partial charge in [-0.15, -0.1) is 0 Å². The maximum Gasteiger partial charge on any atom is 0.170 e. The molecule has 40 valence electrons. The van der Waals surface area contributed by atoms with E-state index in [-0.39, 0.29) is 11.6 Å². The number of allylic oxidation sites excluding steroid dienone is 2. The summed E-state index contributed by atoms with van der Waals surface area (Å²) >= 11 is 0. The highest BCUT2D eigenvalue weighted by Crippen LogP contribution is 2.37. The number of rotatable bonds is 0. The molecular formula is C6H4O2. The highest BCUT2D eigenvalue weighted by Gasteiger charge is 2.40. The van der Waals surface area contributed by atoms with Crippen LogP contribution in [0.4, 0.5) is 0 Å². The van der Waals surface area contributed by atoms with Gasteiger partial charge < -0.3 is 0 Å². The van der Waals surface area contributed by atoms with Gasteiger partial charge >= 0.3 is 0 Å². The Balaban J connectivity index is 2.50. The molecule has 0 aromatic carbocycles. The fourth-order valence-electron chi connectivity index (χ4n) is 1.14. The number of hydrogen-bond acceptors (Lipinski definition) is 2. The highest BCUT2D eigenvalue weighted by molar-refractivity contribution is 6.32. The molecule has 0 aromatic heterocycles. The van der Waals surface area contributed by atoms with Gasteiger partial charge in [0.1, 0.15) is 0 Å². The molecular weight excluding hydrogens is 104 g/mol. The molecule has 0 unspecified atom stereocenters. The highest BCUT2D eigenvalue weighted by atomic mass is 16.2. The van der Waals surface area contributed by atoms with Crippen LogP contribution in [0.15, 0.2) is 11.1 Å². The molecule has 0 saturated heterocycles. The van der Waals surface area contributed by atoms with E-state index in [1.165, 1.54) is 0 Å². The van der Waals surface area contributed by atoms with E-state index in [2.05, 4.69) is 0 Å². The average Bonchev–Trinajstić information content (AvgIpc) is 1.63. The molecule has 0 radical (unpaired) electrons. The predicted octanol–water partition coefficient (Wildman–Crippen LogP) is 0.229. The molecule has 2 aliphatic carbocycles. The van der Waals surface area contributed by atoms with E-state index >= 15 is 0 Å². The van der Waals surface area contributed by atoms with E-state index in [1.54, 1.807) is 0 Å². The maximum absolute atomic E-state index is 10.4. The minimum Gasteiger partial charge on any atom is -0.294 e. The summed E-state index contributed by atoms with van der Waals surface area (Å²) in [5.74, 6) is 0.104. The summed E-state index contributed by atoms with van der Waals surface area (Å²) in [7, 11) is 0. The van der Waals surface area contributed by atoms with Crippen molar-refractivity contribution in [2.45, 2.75) is 12.8 Å². The van der Waals surface area contributed by atoms with E-state index in [1.807, 2.05) is 0 Å². The predicted molar refractivity (Wildman–Crippen MR) is 26.3 cm³/mol. The van der Waals surface area contributed by atoms with Crippen LogP contribution in [-0.4, -0.2) is 11.6 Å². The molecule has 8 heavy (non-hydrogen) atoms. The number of Topliss-reactive ketones (excluding diaryl/α,β-unsaturated/α-hetero) is 2. The Labute approximate surface area is 46.2 Å². The van der Waals surface area contributed by atoms with Gasteiger partial charge in [-0.2, -0.15) is 0 Å². The first kappa shape index (κ1) is 4.01. The molecule has 2 aliphatic rings. The zero-order chi connectivity index (χ0) is 5.72. The number of carbonyl (C=O) groups is 2. The van der Waals surface area contributed by atoms with Crippen LogP contribution in [-0.2, 0) is 9.59 Å². The molecule has 0 spiro atoms. The van der Waals surface area contributed by atoms with Gasteiger partial charge in [0, 0.05) is 12.8 Å². The van der Waals surface area contributed by atoms with Crippen LogP contribution in [0.5, 0.6) is 0 Å². The topological polar surface area (TPSA) is 34.1 Å². The average molecular weight is 108 g/mol. The Morgan fingerprint density at radius 2 is 1.50 bits per heavy atom. The third-order valence-electron chi connectivity index (χ3n) is 1.66. The first-order valence-corrected chi connectivity index (χ1v) is 2.57. The van der Waals surface area contributed by atoms with E-state index in [0.29, 0.717) is 18.4 Å². The van der Waals surface area contributed by atoms with Crippen molar-refractivity contribution in [3.05, 3.63) is 11.1 Å². The molecule has 0 aromatic rings. The second-order valence-electron chi connectivity index (χ2n) is 2.18. The fourth-order valence-corrected chi connectivity index (χ4v) is 1.14. The first-order chi connectivity index (χ1) is 3.79. The molecule has 0 saturated carbocycles. The Morgan fingerprint density at radius 1 is 1.00 bits per heavy atom. The van der Waals surface area contributed by atoms with Crippen LogP contribution in [0.1, 0.15) is 12.8 Å². The summed E-state index contributed by atoms with van der Waals surface area (Å²) in [6.07, 6.45) is 1.11. The number of hydrogen-bond donors (Lipinski definition) is 0. The van der Waals surface area contributed by atoms with Gasteiger partial charge in [-0.1, -0.05) is 0 Å². The van der Waals surface area contributed by atoms with E-state index in [0.717, 1.165) is 5.57 Å². The second-order valence-corrected chi connectivity index (χ2v) is 2.18. The van der Waals surface area contributed by atoms with Crippen molar-refractivity contribution in [2.24, 2.45) is 0 Å². The van der Waals surface area contributed by atoms with Crippen molar-refractivity contribution in [3.8, 4) is 0 Å². The number of carbonyl (C=O) groups excluding carboxylic acids is 2. The summed E-state index contributed by atoms with van der Waals surface area (Å²) in [4.78, 5) is 20.8. The van der Waals surface area contributed by atoms with Crippen LogP contribution in [0.2, 0.25) is 0 Å². The lowest BCUT2D eigenvalue weighted by Gasteiger charge is -2.28. The minimum atomic E-state index is 0.0521. The zero-order valence-electron chi connectivity index (χ0n) is 4.23. The van der Waals surface area contributed by atoms with Gasteiger partial charge in [0.2, 0.25) is 0 Å². The third kappa shape index (κ3) is 0.232. The van der Waals surface area contributed by atoms with Gasteiger partial charge in [0.15, 0.2) is 11.6 Å². The standard InChI is InChI=1S/C6H4O2/c7-4-1-3-2-5(8)6(3)4/h1-2H2. The van der Waals surface area contributed by atoms with Crippen molar-refractivity contribution < 1.29 is 9.59 Å². The fraction of sp³-hybridized carbons (Fsp3) is 0.333. The Hall–Kier alpha value is -0.920. The summed E-state index contributed by atoms with van der Waals surface area (Å²) in [6, 6.07) is 0. The summed E-state index contributed by atoms with van der Waals surface area (Å²) < 4.78 is 0. The SMILES string of the molecule is O=C1CC2=C1C(=O)C2.